The summed E-state index contributed by atoms with van der Waals surface area (Å²) in [5.41, 5.74) is 2.09. The summed E-state index contributed by atoms with van der Waals surface area (Å²) in [6.07, 6.45) is 2.40. The van der Waals surface area contributed by atoms with Crippen LogP contribution in [0.5, 0.6) is 5.75 Å². The maximum atomic E-state index is 5.96. The molecular formula is C20H23ClN2O2S. The third kappa shape index (κ3) is 5.34. The molecule has 1 aliphatic rings. The van der Waals surface area contributed by atoms with Crippen LogP contribution in [0.2, 0.25) is 5.02 Å². The molecule has 2 aromatic rings. The summed E-state index contributed by atoms with van der Waals surface area (Å²) < 4.78 is 11.0. The van der Waals surface area contributed by atoms with Crippen LogP contribution in [0.3, 0.4) is 0 Å². The lowest BCUT2D eigenvalue weighted by atomic mass is 10.2. The van der Waals surface area contributed by atoms with Crippen molar-refractivity contribution in [2.24, 2.45) is 0 Å². The van der Waals surface area contributed by atoms with Crippen LogP contribution in [0.25, 0.3) is 0 Å². The molecule has 4 nitrogen and oxygen atoms in total. The Bertz CT molecular complexity index is 716. The Balaban J connectivity index is 1.70. The van der Waals surface area contributed by atoms with Crippen LogP contribution < -0.4 is 10.1 Å². The van der Waals surface area contributed by atoms with E-state index in [0.717, 1.165) is 37.4 Å². The molecule has 0 radical (unpaired) electrons. The van der Waals surface area contributed by atoms with Gasteiger partial charge in [-0.2, -0.15) is 0 Å². The summed E-state index contributed by atoms with van der Waals surface area (Å²) in [6, 6.07) is 15.6. The van der Waals surface area contributed by atoms with E-state index < -0.39 is 0 Å². The van der Waals surface area contributed by atoms with Crippen LogP contribution in [0, 0.1) is 0 Å². The molecule has 1 atom stereocenters. The number of ether oxygens (including phenoxy) is 2. The molecule has 1 unspecified atom stereocenters. The van der Waals surface area contributed by atoms with Crippen LogP contribution in [0.15, 0.2) is 48.5 Å². The Kier molecular flexibility index (Phi) is 6.72. The van der Waals surface area contributed by atoms with Gasteiger partial charge in [-0.1, -0.05) is 23.7 Å². The van der Waals surface area contributed by atoms with Crippen molar-refractivity contribution in [1.82, 2.24) is 4.90 Å². The number of rotatable bonds is 6. The summed E-state index contributed by atoms with van der Waals surface area (Å²) >= 11 is 11.6. The molecule has 1 N–H and O–H groups in total. The average Bonchev–Trinajstić information content (AvgIpc) is 3.17. The van der Waals surface area contributed by atoms with Crippen molar-refractivity contribution < 1.29 is 9.47 Å². The molecular weight excluding hydrogens is 368 g/mol. The zero-order chi connectivity index (χ0) is 18.4. The van der Waals surface area contributed by atoms with Gasteiger partial charge in [0.15, 0.2) is 5.11 Å². The number of anilines is 1. The van der Waals surface area contributed by atoms with Crippen LogP contribution >= 0.6 is 23.8 Å². The molecule has 26 heavy (non-hydrogen) atoms. The largest absolute Gasteiger partial charge is 0.497 e. The number of nitrogens with one attached hydrogen (secondary N) is 1. The van der Waals surface area contributed by atoms with Crippen molar-refractivity contribution in [1.29, 1.82) is 0 Å². The zero-order valence-corrected chi connectivity index (χ0v) is 16.4. The Morgan fingerprint density at radius 2 is 1.96 bits per heavy atom. The van der Waals surface area contributed by atoms with Crippen molar-refractivity contribution in [3.8, 4) is 5.75 Å². The maximum Gasteiger partial charge on any atom is 0.173 e. The van der Waals surface area contributed by atoms with Crippen LogP contribution in [0.1, 0.15) is 18.4 Å². The van der Waals surface area contributed by atoms with Crippen molar-refractivity contribution in [3.63, 3.8) is 0 Å². The van der Waals surface area contributed by atoms with E-state index in [1.54, 1.807) is 7.11 Å². The minimum Gasteiger partial charge on any atom is -0.497 e. The van der Waals surface area contributed by atoms with Gasteiger partial charge in [0.25, 0.3) is 0 Å². The highest BCUT2D eigenvalue weighted by Gasteiger charge is 2.21. The van der Waals surface area contributed by atoms with E-state index in [1.807, 2.05) is 36.4 Å². The molecule has 3 rings (SSSR count). The minimum atomic E-state index is 0.221. The number of thiocarbonyl (C=S) groups is 1. The molecule has 0 aromatic heterocycles. The second-order valence-electron chi connectivity index (χ2n) is 6.30. The number of nitrogens with zero attached hydrogens (tertiary/aromatic N) is 1. The van der Waals surface area contributed by atoms with Crippen molar-refractivity contribution in [2.45, 2.75) is 25.5 Å². The lowest BCUT2D eigenvalue weighted by Gasteiger charge is -2.28. The van der Waals surface area contributed by atoms with E-state index in [9.17, 15) is 0 Å². The van der Waals surface area contributed by atoms with Crippen LogP contribution in [-0.4, -0.2) is 36.4 Å². The predicted molar refractivity (Wildman–Crippen MR) is 110 cm³/mol. The number of halogens is 1. The number of hydrogen-bond acceptors (Lipinski definition) is 3. The van der Waals surface area contributed by atoms with Crippen molar-refractivity contribution in [2.75, 3.05) is 25.6 Å². The van der Waals surface area contributed by atoms with Gasteiger partial charge in [-0.15, -0.1) is 0 Å². The summed E-state index contributed by atoms with van der Waals surface area (Å²) in [5.74, 6) is 0.848. The van der Waals surface area contributed by atoms with E-state index in [4.69, 9.17) is 33.3 Å². The van der Waals surface area contributed by atoms with E-state index in [2.05, 4.69) is 22.3 Å². The van der Waals surface area contributed by atoms with E-state index in [1.165, 1.54) is 5.56 Å². The normalized spacial score (nSPS) is 16.3. The van der Waals surface area contributed by atoms with Gasteiger partial charge in [-0.3, -0.25) is 0 Å². The van der Waals surface area contributed by atoms with E-state index in [0.29, 0.717) is 16.7 Å². The second kappa shape index (κ2) is 9.21. The first-order valence-electron chi connectivity index (χ1n) is 8.70. The van der Waals surface area contributed by atoms with Crippen LogP contribution in [-0.2, 0) is 11.3 Å². The van der Waals surface area contributed by atoms with Crippen molar-refractivity contribution in [3.05, 3.63) is 59.1 Å². The molecule has 1 saturated heterocycles. The molecule has 1 heterocycles. The van der Waals surface area contributed by atoms with Gasteiger partial charge >= 0.3 is 0 Å². The molecule has 0 amide bonds. The summed E-state index contributed by atoms with van der Waals surface area (Å²) in [4.78, 5) is 2.15. The van der Waals surface area contributed by atoms with E-state index >= 15 is 0 Å². The van der Waals surface area contributed by atoms with E-state index in [-0.39, 0.29) is 6.10 Å². The minimum absolute atomic E-state index is 0.221. The smallest absolute Gasteiger partial charge is 0.173 e. The number of benzene rings is 2. The molecule has 0 saturated carbocycles. The second-order valence-corrected chi connectivity index (χ2v) is 7.12. The molecule has 2 aromatic carbocycles. The van der Waals surface area contributed by atoms with Gasteiger partial charge in [0.05, 0.1) is 13.2 Å². The predicted octanol–water partition coefficient (Wildman–Crippen LogP) is 4.73. The first-order valence-corrected chi connectivity index (χ1v) is 9.48. The standard InChI is InChI=1S/C20H23ClN2O2S/c1-24-18-10-4-15(5-11-18)13-23(14-19-3-2-12-25-19)20(26)22-17-8-6-16(21)7-9-17/h4-11,19H,2-3,12-14H2,1H3,(H,22,26). The first kappa shape index (κ1) is 19.0. The third-order valence-electron chi connectivity index (χ3n) is 4.36. The molecule has 1 fully saturated rings. The summed E-state index contributed by atoms with van der Waals surface area (Å²) in [6.45, 7) is 2.31. The van der Waals surface area contributed by atoms with Gasteiger partial charge < -0.3 is 19.7 Å². The zero-order valence-electron chi connectivity index (χ0n) is 14.8. The molecule has 0 spiro atoms. The van der Waals surface area contributed by atoms with Gasteiger partial charge in [-0.25, -0.2) is 0 Å². The molecule has 138 valence electrons. The summed E-state index contributed by atoms with van der Waals surface area (Å²) in [5, 5.41) is 4.69. The van der Waals surface area contributed by atoms with Gasteiger partial charge in [-0.05, 0) is 67.0 Å². The lowest BCUT2D eigenvalue weighted by Crippen LogP contribution is -2.39. The Hall–Kier alpha value is -1.82. The Morgan fingerprint density at radius 3 is 2.58 bits per heavy atom. The van der Waals surface area contributed by atoms with Crippen molar-refractivity contribution >= 4 is 34.6 Å². The maximum absolute atomic E-state index is 5.96. The van der Waals surface area contributed by atoms with Crippen LogP contribution in [0.4, 0.5) is 5.69 Å². The highest BCUT2D eigenvalue weighted by Crippen LogP contribution is 2.19. The molecule has 0 aliphatic carbocycles. The number of hydrogen-bond donors (Lipinski definition) is 1. The quantitative estimate of drug-likeness (QED) is 0.721. The highest BCUT2D eigenvalue weighted by molar-refractivity contribution is 7.80. The lowest BCUT2D eigenvalue weighted by molar-refractivity contribution is 0.0905. The number of methoxy groups -OCH3 is 1. The van der Waals surface area contributed by atoms with Gasteiger partial charge in [0, 0.05) is 30.4 Å². The molecule has 1 aliphatic heterocycles. The highest BCUT2D eigenvalue weighted by atomic mass is 35.5. The Morgan fingerprint density at radius 1 is 1.23 bits per heavy atom. The monoisotopic (exact) mass is 390 g/mol. The topological polar surface area (TPSA) is 33.7 Å². The summed E-state index contributed by atoms with van der Waals surface area (Å²) in [7, 11) is 1.67. The van der Waals surface area contributed by atoms with Gasteiger partial charge in [0.1, 0.15) is 5.75 Å². The fraction of sp³-hybridized carbons (Fsp3) is 0.350. The third-order valence-corrected chi connectivity index (χ3v) is 4.98. The molecule has 0 bridgehead atoms. The fourth-order valence-corrected chi connectivity index (χ4v) is 3.32. The first-order chi connectivity index (χ1) is 12.6. The molecule has 6 heteroatoms. The SMILES string of the molecule is COc1ccc(CN(CC2CCCO2)C(=S)Nc2ccc(Cl)cc2)cc1. The van der Waals surface area contributed by atoms with Gasteiger partial charge in [0.2, 0.25) is 0 Å². The average molecular weight is 391 g/mol. The fourth-order valence-electron chi connectivity index (χ4n) is 2.94. The Labute approximate surface area is 165 Å².